The number of hydrogen-bond acceptors (Lipinski definition) is 3. The maximum atomic E-state index is 13.7. The third-order valence-corrected chi connectivity index (χ3v) is 7.68. The van der Waals surface area contributed by atoms with Crippen LogP contribution in [0.25, 0.3) is 0 Å². The normalized spacial score (nSPS) is 51.2. The van der Waals surface area contributed by atoms with Crippen molar-refractivity contribution in [3.05, 3.63) is 23.5 Å². The first-order chi connectivity index (χ1) is 10.7. The molecular weight excluding hydrogens is 288 g/mol. The van der Waals surface area contributed by atoms with Gasteiger partial charge in [0.1, 0.15) is 5.41 Å². The number of Topliss-reactive ketones (excluding diaryl/α,β-unsaturated/α-hetero) is 2. The predicted octanol–water partition coefficient (Wildman–Crippen LogP) is 3.85. The van der Waals surface area contributed by atoms with E-state index < -0.39 is 10.8 Å². The molecule has 0 unspecified atom stereocenters. The smallest absolute Gasteiger partial charge is 0.210 e. The van der Waals surface area contributed by atoms with E-state index in [9.17, 15) is 14.7 Å². The Hall–Kier alpha value is -1.38. The van der Waals surface area contributed by atoms with Gasteiger partial charge in [0.15, 0.2) is 11.5 Å². The first kappa shape index (κ1) is 15.2. The Morgan fingerprint density at radius 1 is 1.22 bits per heavy atom. The minimum Gasteiger partial charge on any atom is -0.504 e. The average molecular weight is 314 g/mol. The molecule has 23 heavy (non-hydrogen) atoms. The van der Waals surface area contributed by atoms with Gasteiger partial charge < -0.3 is 5.11 Å². The molecule has 4 rings (SSSR count). The number of aliphatic hydroxyl groups is 1. The Bertz CT molecular complexity index is 687. The number of rotatable bonds is 1. The van der Waals surface area contributed by atoms with Crippen molar-refractivity contribution in [3.8, 4) is 0 Å². The summed E-state index contributed by atoms with van der Waals surface area (Å²) in [4.78, 5) is 26.7. The van der Waals surface area contributed by atoms with Crippen LogP contribution < -0.4 is 0 Å². The third kappa shape index (κ3) is 1.32. The topological polar surface area (TPSA) is 54.4 Å². The van der Waals surface area contributed by atoms with Crippen molar-refractivity contribution >= 4 is 11.6 Å². The Morgan fingerprint density at radius 3 is 2.48 bits per heavy atom. The minimum atomic E-state index is -1.11. The molecule has 0 aromatic heterocycles. The monoisotopic (exact) mass is 314 g/mol. The number of hydrogen-bond donors (Lipinski definition) is 1. The Morgan fingerprint density at radius 2 is 1.87 bits per heavy atom. The second kappa shape index (κ2) is 4.17. The van der Waals surface area contributed by atoms with Crippen LogP contribution in [0, 0.1) is 40.4 Å². The van der Waals surface area contributed by atoms with Crippen LogP contribution in [-0.4, -0.2) is 16.7 Å². The maximum absolute atomic E-state index is 13.7. The van der Waals surface area contributed by atoms with E-state index in [1.807, 2.05) is 6.92 Å². The third-order valence-electron chi connectivity index (χ3n) is 7.68. The van der Waals surface area contributed by atoms with Crippen LogP contribution in [0.1, 0.15) is 47.0 Å². The van der Waals surface area contributed by atoms with Crippen LogP contribution in [-0.2, 0) is 9.59 Å². The summed E-state index contributed by atoms with van der Waals surface area (Å²) in [7, 11) is 0. The van der Waals surface area contributed by atoms with Crippen LogP contribution in [0.5, 0.6) is 0 Å². The molecule has 7 atom stereocenters. The molecule has 0 amide bonds. The molecule has 3 saturated carbocycles. The average Bonchev–Trinajstić information content (AvgIpc) is 2.83. The summed E-state index contributed by atoms with van der Waals surface area (Å²) in [5.74, 6) is 0.465. The van der Waals surface area contributed by atoms with E-state index >= 15 is 0 Å². The van der Waals surface area contributed by atoms with Crippen molar-refractivity contribution in [1.29, 1.82) is 0 Å². The van der Waals surface area contributed by atoms with Crippen LogP contribution in [0.15, 0.2) is 23.5 Å². The van der Waals surface area contributed by atoms with Gasteiger partial charge in [0.2, 0.25) is 5.78 Å². The molecule has 3 heteroatoms. The first-order valence-corrected chi connectivity index (χ1v) is 8.88. The fourth-order valence-corrected chi connectivity index (χ4v) is 7.08. The van der Waals surface area contributed by atoms with Gasteiger partial charge in [-0.25, -0.2) is 0 Å². The zero-order valence-electron chi connectivity index (χ0n) is 14.5. The van der Waals surface area contributed by atoms with Gasteiger partial charge in [-0.3, -0.25) is 9.59 Å². The summed E-state index contributed by atoms with van der Waals surface area (Å²) in [5.41, 5.74) is -0.0250. The quantitative estimate of drug-likeness (QED) is 0.591. The summed E-state index contributed by atoms with van der Waals surface area (Å²) < 4.78 is 0. The minimum absolute atomic E-state index is 0.0849. The molecule has 4 aliphatic carbocycles. The molecule has 4 aliphatic rings. The first-order valence-electron chi connectivity index (χ1n) is 8.88. The zero-order chi connectivity index (χ0) is 16.9. The highest BCUT2D eigenvalue weighted by atomic mass is 16.3. The molecule has 0 aromatic carbocycles. The number of ketones is 2. The molecule has 3 fully saturated rings. The Balaban J connectivity index is 2.09. The Labute approximate surface area is 137 Å². The number of carbonyl (C=O) groups is 2. The van der Waals surface area contributed by atoms with E-state index in [4.69, 9.17) is 0 Å². The molecular formula is C20H26O3. The van der Waals surface area contributed by atoms with Gasteiger partial charge in [0.05, 0.1) is 5.41 Å². The van der Waals surface area contributed by atoms with Crippen molar-refractivity contribution < 1.29 is 14.7 Å². The van der Waals surface area contributed by atoms with Gasteiger partial charge in [-0.05, 0) is 62.4 Å². The number of carbonyl (C=O) groups excluding carboxylic acids is 2. The molecule has 0 radical (unpaired) electrons. The van der Waals surface area contributed by atoms with Gasteiger partial charge in [-0.15, -0.1) is 0 Å². The number of allylic oxidation sites excluding steroid dienone is 3. The lowest BCUT2D eigenvalue weighted by Crippen LogP contribution is -2.53. The summed E-state index contributed by atoms with van der Waals surface area (Å²) in [6, 6.07) is 0. The van der Waals surface area contributed by atoms with Crippen molar-refractivity contribution in [2.45, 2.75) is 47.0 Å². The summed E-state index contributed by atoms with van der Waals surface area (Å²) in [5, 5.41) is 10.8. The summed E-state index contributed by atoms with van der Waals surface area (Å²) >= 11 is 0. The van der Waals surface area contributed by atoms with Gasteiger partial charge in [-0.2, -0.15) is 0 Å². The molecule has 0 heterocycles. The van der Waals surface area contributed by atoms with E-state index in [0.29, 0.717) is 5.92 Å². The van der Waals surface area contributed by atoms with Gasteiger partial charge in [-0.1, -0.05) is 26.0 Å². The fourth-order valence-electron chi connectivity index (χ4n) is 7.08. The fraction of sp³-hybridized carbons (Fsp3) is 0.700. The van der Waals surface area contributed by atoms with E-state index in [1.54, 1.807) is 6.92 Å². The highest BCUT2D eigenvalue weighted by molar-refractivity contribution is 6.21. The number of fused-ring (bicyclic) bond motifs is 1. The highest BCUT2D eigenvalue weighted by Crippen LogP contribution is 2.75. The van der Waals surface area contributed by atoms with Crippen LogP contribution >= 0.6 is 0 Å². The van der Waals surface area contributed by atoms with Crippen LogP contribution in [0.2, 0.25) is 0 Å². The molecule has 0 aliphatic heterocycles. The van der Waals surface area contributed by atoms with E-state index in [2.05, 4.69) is 20.4 Å². The molecule has 3 nitrogen and oxygen atoms in total. The van der Waals surface area contributed by atoms with E-state index in [-0.39, 0.29) is 41.0 Å². The van der Waals surface area contributed by atoms with Crippen molar-refractivity contribution in [2.24, 2.45) is 40.4 Å². The highest BCUT2D eigenvalue weighted by Gasteiger charge is 2.78. The molecule has 1 spiro atoms. The standard InChI is InChI=1S/C20H26O3/c1-9(2)14-13-8-11(4)12-7-6-10(3)15-16(21)17(22)19(14,5)18(23)20(12,13)15/h10-14,21H,1,6-8H2,2-5H3/t10-,11-,12+,13-,14-,19+,20-/m0/s1. The Kier molecular flexibility index (Phi) is 2.75. The maximum Gasteiger partial charge on any atom is 0.210 e. The van der Waals surface area contributed by atoms with E-state index in [1.165, 1.54) is 0 Å². The van der Waals surface area contributed by atoms with Crippen molar-refractivity contribution in [2.75, 3.05) is 0 Å². The lowest BCUT2D eigenvalue weighted by Gasteiger charge is -2.47. The van der Waals surface area contributed by atoms with Crippen LogP contribution in [0.4, 0.5) is 0 Å². The molecule has 124 valence electrons. The summed E-state index contributed by atoms with van der Waals surface area (Å²) in [6.45, 7) is 12.1. The zero-order valence-corrected chi connectivity index (χ0v) is 14.5. The van der Waals surface area contributed by atoms with Crippen molar-refractivity contribution in [3.63, 3.8) is 0 Å². The predicted molar refractivity (Wildman–Crippen MR) is 87.7 cm³/mol. The summed E-state index contributed by atoms with van der Waals surface area (Å²) in [6.07, 6.45) is 2.94. The molecule has 2 bridgehead atoms. The largest absolute Gasteiger partial charge is 0.504 e. The molecule has 0 aromatic rings. The van der Waals surface area contributed by atoms with Gasteiger partial charge in [0, 0.05) is 5.92 Å². The second-order valence-electron chi connectivity index (χ2n) is 8.72. The van der Waals surface area contributed by atoms with Gasteiger partial charge in [0.25, 0.3) is 0 Å². The second-order valence-corrected chi connectivity index (χ2v) is 8.72. The SMILES string of the molecule is C=C(C)[C@H]1[C@@H]2C[C@H](C)[C@H]3CC[C@H](C)C4=C(O)C(=O)[C@]1(C)C(=O)[C@@]432. The van der Waals surface area contributed by atoms with Gasteiger partial charge >= 0.3 is 0 Å². The number of aliphatic hydroxyl groups excluding tert-OH is 1. The lowest BCUT2D eigenvalue weighted by molar-refractivity contribution is -0.146. The lowest BCUT2D eigenvalue weighted by atomic mass is 9.53. The van der Waals surface area contributed by atoms with Crippen molar-refractivity contribution in [1.82, 2.24) is 0 Å². The molecule has 1 N–H and O–H groups in total. The van der Waals surface area contributed by atoms with Crippen LogP contribution in [0.3, 0.4) is 0 Å². The van der Waals surface area contributed by atoms with E-state index in [0.717, 1.165) is 30.4 Å². The molecule has 0 saturated heterocycles.